The first-order valence-electron chi connectivity index (χ1n) is 7.68. The Labute approximate surface area is 123 Å². The van der Waals surface area contributed by atoms with E-state index >= 15 is 0 Å². The molecule has 0 aliphatic carbocycles. The molecule has 0 saturated carbocycles. The number of hydrogen-bond donors (Lipinski definition) is 1. The Morgan fingerprint density at radius 2 is 2.05 bits per heavy atom. The molecule has 1 heterocycles. The van der Waals surface area contributed by atoms with Crippen LogP contribution in [0.5, 0.6) is 5.75 Å². The van der Waals surface area contributed by atoms with E-state index in [1.807, 2.05) is 6.07 Å². The van der Waals surface area contributed by atoms with Gasteiger partial charge in [0.05, 0.1) is 6.10 Å². The summed E-state index contributed by atoms with van der Waals surface area (Å²) in [5, 5.41) is 3.74. The van der Waals surface area contributed by atoms with Gasteiger partial charge < -0.3 is 15.0 Å². The molecule has 0 aromatic heterocycles. The predicted octanol–water partition coefficient (Wildman–Crippen LogP) is 3.22. The van der Waals surface area contributed by atoms with Crippen LogP contribution in [-0.4, -0.2) is 36.7 Å². The van der Waals surface area contributed by atoms with Gasteiger partial charge in [-0.3, -0.25) is 0 Å². The van der Waals surface area contributed by atoms with Crippen molar-refractivity contribution in [2.45, 2.75) is 58.3 Å². The normalized spacial score (nSPS) is 25.1. The van der Waals surface area contributed by atoms with E-state index in [4.69, 9.17) is 4.74 Å². The van der Waals surface area contributed by atoms with Crippen molar-refractivity contribution >= 4 is 0 Å². The Hall–Kier alpha value is -1.06. The highest BCUT2D eigenvalue weighted by Crippen LogP contribution is 2.23. The van der Waals surface area contributed by atoms with Crippen molar-refractivity contribution in [1.82, 2.24) is 10.2 Å². The molecule has 0 radical (unpaired) electrons. The first-order chi connectivity index (χ1) is 9.45. The number of ether oxygens (including phenoxy) is 1. The van der Waals surface area contributed by atoms with E-state index in [-0.39, 0.29) is 6.10 Å². The van der Waals surface area contributed by atoms with Gasteiger partial charge >= 0.3 is 0 Å². The van der Waals surface area contributed by atoms with E-state index < -0.39 is 0 Å². The number of likely N-dealkylation sites (tertiary alicyclic amines) is 1. The van der Waals surface area contributed by atoms with Crippen molar-refractivity contribution in [3.63, 3.8) is 0 Å². The largest absolute Gasteiger partial charge is 0.491 e. The summed E-state index contributed by atoms with van der Waals surface area (Å²) in [6, 6.07) is 10.0. The topological polar surface area (TPSA) is 24.5 Å². The maximum atomic E-state index is 5.77. The van der Waals surface area contributed by atoms with Crippen LogP contribution in [0.15, 0.2) is 24.3 Å². The fourth-order valence-electron chi connectivity index (χ4n) is 2.89. The van der Waals surface area contributed by atoms with Crippen molar-refractivity contribution in [1.29, 1.82) is 0 Å². The van der Waals surface area contributed by atoms with Crippen LogP contribution in [0, 0.1) is 0 Å². The van der Waals surface area contributed by atoms with Crippen LogP contribution in [0.25, 0.3) is 0 Å². The lowest BCUT2D eigenvalue weighted by Crippen LogP contribution is -2.33. The van der Waals surface area contributed by atoms with Gasteiger partial charge in [-0.25, -0.2) is 0 Å². The van der Waals surface area contributed by atoms with Crippen LogP contribution in [0.4, 0.5) is 0 Å². The van der Waals surface area contributed by atoms with Gasteiger partial charge in [0.25, 0.3) is 0 Å². The predicted molar refractivity (Wildman–Crippen MR) is 84.3 cm³/mol. The van der Waals surface area contributed by atoms with Gasteiger partial charge in [-0.15, -0.1) is 0 Å². The summed E-state index contributed by atoms with van der Waals surface area (Å²) in [6.07, 6.45) is 1.45. The lowest BCUT2D eigenvalue weighted by Gasteiger charge is -2.20. The third-order valence-electron chi connectivity index (χ3n) is 4.10. The smallest absolute Gasteiger partial charge is 0.120 e. The molecule has 1 N–H and O–H groups in total. The standard InChI is InChI=1S/C17H28N2O/c1-12(2)20-17-8-6-7-15(10-17)14(4)18-16-9-13(3)19(5)11-16/h6-8,10,12-14,16,18H,9,11H2,1-5H3. The monoisotopic (exact) mass is 276 g/mol. The maximum Gasteiger partial charge on any atom is 0.120 e. The molecular weight excluding hydrogens is 248 g/mol. The Morgan fingerprint density at radius 1 is 1.30 bits per heavy atom. The molecule has 1 fully saturated rings. The molecule has 1 aliphatic heterocycles. The lowest BCUT2D eigenvalue weighted by molar-refractivity contribution is 0.242. The molecule has 0 amide bonds. The minimum absolute atomic E-state index is 0.220. The van der Waals surface area contributed by atoms with Gasteiger partial charge in [0.15, 0.2) is 0 Å². The summed E-state index contributed by atoms with van der Waals surface area (Å²) in [5.41, 5.74) is 1.30. The average molecular weight is 276 g/mol. The lowest BCUT2D eigenvalue weighted by atomic mass is 10.1. The Morgan fingerprint density at radius 3 is 2.65 bits per heavy atom. The third-order valence-corrected chi connectivity index (χ3v) is 4.10. The minimum atomic E-state index is 0.220. The summed E-state index contributed by atoms with van der Waals surface area (Å²) in [4.78, 5) is 2.42. The van der Waals surface area contributed by atoms with E-state index in [1.165, 1.54) is 12.0 Å². The first kappa shape index (κ1) is 15.3. The number of rotatable bonds is 5. The van der Waals surface area contributed by atoms with Crippen LogP contribution in [-0.2, 0) is 0 Å². The van der Waals surface area contributed by atoms with Crippen molar-refractivity contribution in [2.24, 2.45) is 0 Å². The van der Waals surface area contributed by atoms with Crippen molar-refractivity contribution < 1.29 is 4.74 Å². The molecule has 3 nitrogen and oxygen atoms in total. The minimum Gasteiger partial charge on any atom is -0.491 e. The summed E-state index contributed by atoms with van der Waals surface area (Å²) in [6.45, 7) is 9.78. The van der Waals surface area contributed by atoms with Gasteiger partial charge in [0.1, 0.15) is 5.75 Å². The van der Waals surface area contributed by atoms with E-state index in [1.54, 1.807) is 0 Å². The second-order valence-electron chi connectivity index (χ2n) is 6.35. The first-order valence-corrected chi connectivity index (χ1v) is 7.68. The molecule has 1 saturated heterocycles. The molecule has 1 aromatic carbocycles. The van der Waals surface area contributed by atoms with Gasteiger partial charge in [-0.05, 0) is 58.9 Å². The second-order valence-corrected chi connectivity index (χ2v) is 6.35. The Balaban J connectivity index is 1.97. The number of nitrogens with one attached hydrogen (secondary N) is 1. The zero-order chi connectivity index (χ0) is 14.7. The summed E-state index contributed by atoms with van der Waals surface area (Å²) < 4.78 is 5.77. The number of nitrogens with zero attached hydrogens (tertiary/aromatic N) is 1. The number of likely N-dealkylation sites (N-methyl/N-ethyl adjacent to an activating group) is 1. The SMILES string of the molecule is CC(C)Oc1cccc(C(C)NC2CC(C)N(C)C2)c1. The van der Waals surface area contributed by atoms with Crippen LogP contribution in [0.2, 0.25) is 0 Å². The van der Waals surface area contributed by atoms with Crippen molar-refractivity contribution in [3.05, 3.63) is 29.8 Å². The quantitative estimate of drug-likeness (QED) is 0.893. The summed E-state index contributed by atoms with van der Waals surface area (Å²) in [5.74, 6) is 0.961. The molecule has 0 bridgehead atoms. The van der Waals surface area contributed by atoms with Crippen molar-refractivity contribution in [2.75, 3.05) is 13.6 Å². The second kappa shape index (κ2) is 6.59. The molecule has 3 unspecified atom stereocenters. The molecule has 3 atom stereocenters. The number of hydrogen-bond acceptors (Lipinski definition) is 3. The van der Waals surface area contributed by atoms with Crippen LogP contribution < -0.4 is 10.1 Å². The van der Waals surface area contributed by atoms with Gasteiger partial charge in [0, 0.05) is 24.7 Å². The van der Waals surface area contributed by atoms with E-state index in [9.17, 15) is 0 Å². The fourth-order valence-corrected chi connectivity index (χ4v) is 2.89. The molecule has 2 rings (SSSR count). The highest BCUT2D eigenvalue weighted by molar-refractivity contribution is 5.30. The van der Waals surface area contributed by atoms with E-state index in [0.717, 1.165) is 12.3 Å². The van der Waals surface area contributed by atoms with E-state index in [0.29, 0.717) is 18.1 Å². The van der Waals surface area contributed by atoms with Crippen LogP contribution in [0.3, 0.4) is 0 Å². The summed E-state index contributed by atoms with van der Waals surface area (Å²) in [7, 11) is 2.20. The maximum absolute atomic E-state index is 5.77. The Bertz CT molecular complexity index is 423. The van der Waals surface area contributed by atoms with Crippen LogP contribution in [0.1, 0.15) is 45.7 Å². The molecule has 1 aliphatic rings. The highest BCUT2D eigenvalue weighted by atomic mass is 16.5. The molecule has 3 heteroatoms. The fraction of sp³-hybridized carbons (Fsp3) is 0.647. The molecule has 20 heavy (non-hydrogen) atoms. The van der Waals surface area contributed by atoms with Crippen molar-refractivity contribution in [3.8, 4) is 5.75 Å². The van der Waals surface area contributed by atoms with Crippen LogP contribution >= 0.6 is 0 Å². The zero-order valence-electron chi connectivity index (χ0n) is 13.4. The van der Waals surface area contributed by atoms with Gasteiger partial charge in [0.2, 0.25) is 0 Å². The highest BCUT2D eigenvalue weighted by Gasteiger charge is 2.27. The zero-order valence-corrected chi connectivity index (χ0v) is 13.4. The average Bonchev–Trinajstić information content (AvgIpc) is 2.67. The molecular formula is C17H28N2O. The van der Waals surface area contributed by atoms with E-state index in [2.05, 4.69) is 63.2 Å². The van der Waals surface area contributed by atoms with Gasteiger partial charge in [-0.1, -0.05) is 12.1 Å². The third kappa shape index (κ3) is 3.97. The molecule has 1 aromatic rings. The number of benzene rings is 1. The molecule has 0 spiro atoms. The summed E-state index contributed by atoms with van der Waals surface area (Å²) >= 11 is 0. The van der Waals surface area contributed by atoms with Gasteiger partial charge in [-0.2, -0.15) is 0 Å². The Kier molecular flexibility index (Phi) is 5.06. The molecule has 112 valence electrons.